The second-order valence-corrected chi connectivity index (χ2v) is 5.70. The standard InChI is InChI=1S/C10H13BrOS/c1-6(2)4-8(12)9-5-7(3)10(11)13-9/h4-5,8,12H,1-3H3. The Morgan fingerprint density at radius 1 is 1.62 bits per heavy atom. The molecule has 0 aliphatic carbocycles. The van der Waals surface area contributed by atoms with Gasteiger partial charge in [0.25, 0.3) is 0 Å². The molecule has 0 spiro atoms. The molecule has 1 aromatic rings. The van der Waals surface area contributed by atoms with E-state index in [2.05, 4.69) is 15.9 Å². The maximum absolute atomic E-state index is 9.74. The lowest BCUT2D eigenvalue weighted by Gasteiger charge is -2.01. The summed E-state index contributed by atoms with van der Waals surface area (Å²) in [6, 6.07) is 2.01. The van der Waals surface area contributed by atoms with Crippen LogP contribution in [0, 0.1) is 6.92 Å². The van der Waals surface area contributed by atoms with Crippen molar-refractivity contribution in [3.63, 3.8) is 0 Å². The zero-order chi connectivity index (χ0) is 10.0. The molecule has 0 fully saturated rings. The van der Waals surface area contributed by atoms with Gasteiger partial charge in [0, 0.05) is 4.88 Å². The molecule has 0 amide bonds. The Kier molecular flexibility index (Phi) is 3.71. The van der Waals surface area contributed by atoms with E-state index in [1.807, 2.05) is 32.9 Å². The molecule has 0 saturated heterocycles. The molecular formula is C10H13BrOS. The van der Waals surface area contributed by atoms with Crippen LogP contribution in [0.1, 0.15) is 30.4 Å². The third-order valence-electron chi connectivity index (χ3n) is 1.66. The minimum Gasteiger partial charge on any atom is -0.383 e. The van der Waals surface area contributed by atoms with Crippen LogP contribution in [0.25, 0.3) is 0 Å². The molecule has 0 saturated carbocycles. The van der Waals surface area contributed by atoms with E-state index in [0.29, 0.717) is 0 Å². The summed E-state index contributed by atoms with van der Waals surface area (Å²) in [6.45, 7) is 6.00. The fraction of sp³-hybridized carbons (Fsp3) is 0.400. The van der Waals surface area contributed by atoms with Crippen molar-refractivity contribution < 1.29 is 5.11 Å². The van der Waals surface area contributed by atoms with Crippen molar-refractivity contribution in [3.8, 4) is 0 Å². The molecule has 3 heteroatoms. The summed E-state index contributed by atoms with van der Waals surface area (Å²) >= 11 is 5.02. The van der Waals surface area contributed by atoms with Gasteiger partial charge < -0.3 is 5.11 Å². The molecule has 72 valence electrons. The molecule has 0 radical (unpaired) electrons. The number of thiophene rings is 1. The van der Waals surface area contributed by atoms with Crippen LogP contribution in [-0.2, 0) is 0 Å². The van der Waals surface area contributed by atoms with Gasteiger partial charge in [-0.25, -0.2) is 0 Å². The summed E-state index contributed by atoms with van der Waals surface area (Å²) in [5.74, 6) is 0. The average Bonchev–Trinajstić information content (AvgIpc) is 2.31. The van der Waals surface area contributed by atoms with Crippen LogP contribution in [0.2, 0.25) is 0 Å². The summed E-state index contributed by atoms with van der Waals surface area (Å²) in [7, 11) is 0. The first-order chi connectivity index (χ1) is 6.00. The number of rotatable bonds is 2. The number of aliphatic hydroxyl groups excluding tert-OH is 1. The first-order valence-corrected chi connectivity index (χ1v) is 5.70. The fourth-order valence-corrected chi connectivity index (χ4v) is 2.55. The highest BCUT2D eigenvalue weighted by Crippen LogP contribution is 2.32. The van der Waals surface area contributed by atoms with Crippen LogP contribution in [0.15, 0.2) is 21.5 Å². The van der Waals surface area contributed by atoms with E-state index in [0.717, 1.165) is 14.2 Å². The molecular weight excluding hydrogens is 248 g/mol. The van der Waals surface area contributed by atoms with Crippen molar-refractivity contribution in [2.45, 2.75) is 26.9 Å². The Hall–Kier alpha value is -0.120. The number of aliphatic hydroxyl groups is 1. The van der Waals surface area contributed by atoms with Gasteiger partial charge in [-0.15, -0.1) is 11.3 Å². The summed E-state index contributed by atoms with van der Waals surface area (Å²) < 4.78 is 1.10. The van der Waals surface area contributed by atoms with Crippen molar-refractivity contribution >= 4 is 27.3 Å². The van der Waals surface area contributed by atoms with Gasteiger partial charge >= 0.3 is 0 Å². The second-order valence-electron chi connectivity index (χ2n) is 3.29. The maximum Gasteiger partial charge on any atom is 0.107 e. The molecule has 1 N–H and O–H groups in total. The molecule has 13 heavy (non-hydrogen) atoms. The average molecular weight is 261 g/mol. The van der Waals surface area contributed by atoms with Gasteiger partial charge in [-0.1, -0.05) is 11.6 Å². The first-order valence-electron chi connectivity index (χ1n) is 4.09. The van der Waals surface area contributed by atoms with Crippen molar-refractivity contribution in [3.05, 3.63) is 31.9 Å². The Morgan fingerprint density at radius 2 is 2.23 bits per heavy atom. The quantitative estimate of drug-likeness (QED) is 0.802. The monoisotopic (exact) mass is 260 g/mol. The van der Waals surface area contributed by atoms with E-state index in [1.54, 1.807) is 11.3 Å². The smallest absolute Gasteiger partial charge is 0.107 e. The van der Waals surface area contributed by atoms with Gasteiger partial charge in [0.1, 0.15) is 6.10 Å². The third kappa shape index (κ3) is 2.93. The molecule has 1 rings (SSSR count). The Morgan fingerprint density at radius 3 is 2.62 bits per heavy atom. The van der Waals surface area contributed by atoms with E-state index in [-0.39, 0.29) is 0 Å². The van der Waals surface area contributed by atoms with E-state index in [1.165, 1.54) is 5.56 Å². The van der Waals surface area contributed by atoms with Crippen LogP contribution < -0.4 is 0 Å². The summed E-state index contributed by atoms with van der Waals surface area (Å²) in [5.41, 5.74) is 2.32. The van der Waals surface area contributed by atoms with Crippen molar-refractivity contribution in [1.29, 1.82) is 0 Å². The van der Waals surface area contributed by atoms with Crippen LogP contribution in [0.5, 0.6) is 0 Å². The summed E-state index contributed by atoms with van der Waals surface area (Å²) in [4.78, 5) is 0.991. The molecule has 1 aromatic heterocycles. The molecule has 0 aromatic carbocycles. The highest BCUT2D eigenvalue weighted by Gasteiger charge is 2.09. The van der Waals surface area contributed by atoms with Gasteiger partial charge in [0.15, 0.2) is 0 Å². The number of halogens is 1. The lowest BCUT2D eigenvalue weighted by atomic mass is 10.2. The van der Waals surface area contributed by atoms with Crippen LogP contribution in [-0.4, -0.2) is 5.11 Å². The number of aryl methyl sites for hydroxylation is 1. The van der Waals surface area contributed by atoms with Gasteiger partial charge in [-0.3, -0.25) is 0 Å². The molecule has 1 nitrogen and oxygen atoms in total. The maximum atomic E-state index is 9.74. The van der Waals surface area contributed by atoms with E-state index in [9.17, 15) is 5.11 Å². The zero-order valence-corrected chi connectivity index (χ0v) is 10.4. The van der Waals surface area contributed by atoms with E-state index >= 15 is 0 Å². The summed E-state index contributed by atoms with van der Waals surface area (Å²) in [6.07, 6.45) is 1.40. The number of hydrogen-bond donors (Lipinski definition) is 1. The molecule has 1 atom stereocenters. The van der Waals surface area contributed by atoms with Crippen LogP contribution >= 0.6 is 27.3 Å². The summed E-state index contributed by atoms with van der Waals surface area (Å²) in [5, 5.41) is 9.74. The SMILES string of the molecule is CC(C)=CC(O)c1cc(C)c(Br)s1. The first kappa shape index (κ1) is 11.0. The topological polar surface area (TPSA) is 20.2 Å². The van der Waals surface area contributed by atoms with Gasteiger partial charge in [-0.05, 0) is 48.3 Å². The predicted octanol–water partition coefficient (Wildman–Crippen LogP) is 3.82. The number of hydrogen-bond acceptors (Lipinski definition) is 2. The highest BCUT2D eigenvalue weighted by molar-refractivity contribution is 9.11. The van der Waals surface area contributed by atoms with Crippen molar-refractivity contribution in [2.24, 2.45) is 0 Å². The molecule has 0 aliphatic rings. The Bertz CT molecular complexity index is 304. The lowest BCUT2D eigenvalue weighted by molar-refractivity contribution is 0.231. The third-order valence-corrected chi connectivity index (χ3v) is 3.87. The Labute approximate surface area is 91.2 Å². The van der Waals surface area contributed by atoms with Crippen LogP contribution in [0.3, 0.4) is 0 Å². The van der Waals surface area contributed by atoms with Crippen LogP contribution in [0.4, 0.5) is 0 Å². The van der Waals surface area contributed by atoms with Crippen molar-refractivity contribution in [2.75, 3.05) is 0 Å². The highest BCUT2D eigenvalue weighted by atomic mass is 79.9. The van der Waals surface area contributed by atoms with Crippen molar-refractivity contribution in [1.82, 2.24) is 0 Å². The molecule has 1 unspecified atom stereocenters. The van der Waals surface area contributed by atoms with Gasteiger partial charge in [0.05, 0.1) is 3.79 Å². The van der Waals surface area contributed by atoms with E-state index < -0.39 is 6.10 Å². The largest absolute Gasteiger partial charge is 0.383 e. The second kappa shape index (κ2) is 4.40. The number of allylic oxidation sites excluding steroid dienone is 1. The normalized spacial score (nSPS) is 12.7. The van der Waals surface area contributed by atoms with Gasteiger partial charge in [-0.2, -0.15) is 0 Å². The molecule has 0 bridgehead atoms. The minimum absolute atomic E-state index is 0.458. The zero-order valence-electron chi connectivity index (χ0n) is 7.97. The van der Waals surface area contributed by atoms with Gasteiger partial charge in [0.2, 0.25) is 0 Å². The fourth-order valence-electron chi connectivity index (χ4n) is 1.03. The molecule has 0 aliphatic heterocycles. The van der Waals surface area contributed by atoms with E-state index in [4.69, 9.17) is 0 Å². The minimum atomic E-state index is -0.458. The molecule has 1 heterocycles. The lowest BCUT2D eigenvalue weighted by Crippen LogP contribution is -1.89. The Balaban J connectivity index is 2.89. The predicted molar refractivity (Wildman–Crippen MR) is 61.1 cm³/mol.